The van der Waals surface area contributed by atoms with Crippen LogP contribution in [0.4, 0.5) is 5.69 Å². The maximum absolute atomic E-state index is 12.5. The molecule has 1 heterocycles. The molecule has 0 atom stereocenters. The number of benzene rings is 3. The molecule has 4 rings (SSSR count). The van der Waals surface area contributed by atoms with Crippen LogP contribution in [-0.4, -0.2) is 29.1 Å². The van der Waals surface area contributed by atoms with E-state index >= 15 is 0 Å². The first-order valence-corrected chi connectivity index (χ1v) is 11.4. The molecule has 0 saturated heterocycles. The van der Waals surface area contributed by atoms with Crippen molar-refractivity contribution >= 4 is 22.6 Å². The number of hydrogen-bond donors (Lipinski definition) is 2. The van der Waals surface area contributed by atoms with Crippen molar-refractivity contribution in [2.24, 2.45) is 0 Å². The van der Waals surface area contributed by atoms with Crippen LogP contribution in [0.3, 0.4) is 0 Å². The Labute approximate surface area is 194 Å². The quantitative estimate of drug-likeness (QED) is 0.347. The van der Waals surface area contributed by atoms with Crippen LogP contribution in [0.15, 0.2) is 66.7 Å². The highest BCUT2D eigenvalue weighted by Gasteiger charge is 2.10. The zero-order chi connectivity index (χ0) is 23.0. The van der Waals surface area contributed by atoms with E-state index in [1.165, 1.54) is 5.56 Å². The van der Waals surface area contributed by atoms with Crippen molar-refractivity contribution in [3.05, 3.63) is 83.7 Å². The second-order valence-corrected chi connectivity index (χ2v) is 7.77. The first-order valence-electron chi connectivity index (χ1n) is 11.4. The zero-order valence-electron chi connectivity index (χ0n) is 19.1. The molecule has 0 unspecified atom stereocenters. The minimum Gasteiger partial charge on any atom is -0.490 e. The summed E-state index contributed by atoms with van der Waals surface area (Å²) in [5, 5.41) is 2.97. The summed E-state index contributed by atoms with van der Waals surface area (Å²) in [5.41, 5.74) is 4.91. The Morgan fingerprint density at radius 3 is 2.36 bits per heavy atom. The number of aromatic nitrogens is 2. The van der Waals surface area contributed by atoms with Gasteiger partial charge >= 0.3 is 0 Å². The van der Waals surface area contributed by atoms with Crippen molar-refractivity contribution in [1.82, 2.24) is 9.97 Å². The fraction of sp³-hybridized carbons (Fsp3) is 0.259. The lowest BCUT2D eigenvalue weighted by atomic mass is 10.1. The Balaban J connectivity index is 1.31. The van der Waals surface area contributed by atoms with Gasteiger partial charge in [0.1, 0.15) is 5.82 Å². The molecule has 0 bridgehead atoms. The third-order valence-electron chi connectivity index (χ3n) is 5.30. The predicted octanol–water partition coefficient (Wildman–Crippen LogP) is 5.33. The Morgan fingerprint density at radius 1 is 0.879 bits per heavy atom. The molecule has 4 aromatic rings. The summed E-state index contributed by atoms with van der Waals surface area (Å²) in [6.07, 6.45) is 1.97. The van der Waals surface area contributed by atoms with Gasteiger partial charge in [-0.1, -0.05) is 30.3 Å². The van der Waals surface area contributed by atoms with Gasteiger partial charge in [-0.05, 0) is 67.8 Å². The van der Waals surface area contributed by atoms with Gasteiger partial charge in [-0.3, -0.25) is 4.79 Å². The van der Waals surface area contributed by atoms with Crippen molar-refractivity contribution < 1.29 is 14.3 Å². The fourth-order valence-electron chi connectivity index (χ4n) is 3.74. The maximum Gasteiger partial charge on any atom is 0.228 e. The number of aromatic amines is 1. The van der Waals surface area contributed by atoms with Gasteiger partial charge < -0.3 is 19.8 Å². The summed E-state index contributed by atoms with van der Waals surface area (Å²) in [6, 6.07) is 21.6. The van der Waals surface area contributed by atoms with E-state index in [-0.39, 0.29) is 12.3 Å². The first-order chi connectivity index (χ1) is 16.1. The van der Waals surface area contributed by atoms with Crippen LogP contribution < -0.4 is 14.8 Å². The molecule has 0 spiro atoms. The van der Waals surface area contributed by atoms with E-state index in [0.717, 1.165) is 41.0 Å². The van der Waals surface area contributed by atoms with Gasteiger partial charge in [0.05, 0.1) is 30.7 Å². The lowest BCUT2D eigenvalue weighted by Gasteiger charge is -2.12. The SMILES string of the molecule is CCOc1ccc(CC(=O)Nc2ccc(CCc3nc4ccccc4[nH]3)cc2)cc1OCC. The van der Waals surface area contributed by atoms with Gasteiger partial charge in [0.2, 0.25) is 5.91 Å². The zero-order valence-corrected chi connectivity index (χ0v) is 19.1. The molecule has 1 amide bonds. The van der Waals surface area contributed by atoms with Gasteiger partial charge in [-0.15, -0.1) is 0 Å². The molecule has 0 aliphatic rings. The number of carbonyl (C=O) groups is 1. The topological polar surface area (TPSA) is 76.2 Å². The van der Waals surface area contributed by atoms with E-state index in [1.54, 1.807) is 0 Å². The predicted molar refractivity (Wildman–Crippen MR) is 131 cm³/mol. The highest BCUT2D eigenvalue weighted by Crippen LogP contribution is 2.29. The number of aryl methyl sites for hydroxylation is 2. The molecule has 6 nitrogen and oxygen atoms in total. The molecule has 33 heavy (non-hydrogen) atoms. The maximum atomic E-state index is 12.5. The van der Waals surface area contributed by atoms with Crippen molar-refractivity contribution in [2.75, 3.05) is 18.5 Å². The molecule has 0 saturated carbocycles. The summed E-state index contributed by atoms with van der Waals surface area (Å²) in [5.74, 6) is 2.27. The van der Waals surface area contributed by atoms with Crippen LogP contribution in [-0.2, 0) is 24.1 Å². The molecule has 3 aromatic carbocycles. The first kappa shape index (κ1) is 22.4. The molecule has 1 aromatic heterocycles. The van der Waals surface area contributed by atoms with Gasteiger partial charge in [-0.25, -0.2) is 4.98 Å². The fourth-order valence-corrected chi connectivity index (χ4v) is 3.74. The minimum atomic E-state index is -0.0726. The van der Waals surface area contributed by atoms with E-state index in [1.807, 2.05) is 80.6 Å². The summed E-state index contributed by atoms with van der Waals surface area (Å²) in [4.78, 5) is 20.5. The molecule has 2 N–H and O–H groups in total. The number of carbonyl (C=O) groups excluding carboxylic acids is 1. The number of H-pyrrole nitrogens is 1. The number of nitrogens with zero attached hydrogens (tertiary/aromatic N) is 1. The number of rotatable bonds is 10. The summed E-state index contributed by atoms with van der Waals surface area (Å²) < 4.78 is 11.2. The Hall–Kier alpha value is -3.80. The van der Waals surface area contributed by atoms with Crippen LogP contribution in [0, 0.1) is 0 Å². The summed E-state index contributed by atoms with van der Waals surface area (Å²) >= 11 is 0. The van der Waals surface area contributed by atoms with E-state index in [2.05, 4.69) is 15.3 Å². The molecule has 6 heteroatoms. The monoisotopic (exact) mass is 443 g/mol. The average Bonchev–Trinajstić information content (AvgIpc) is 3.24. The number of fused-ring (bicyclic) bond motifs is 1. The van der Waals surface area contributed by atoms with Crippen LogP contribution in [0.2, 0.25) is 0 Å². The number of para-hydroxylation sites is 2. The highest BCUT2D eigenvalue weighted by atomic mass is 16.5. The third-order valence-corrected chi connectivity index (χ3v) is 5.30. The van der Waals surface area contributed by atoms with Crippen molar-refractivity contribution in [2.45, 2.75) is 33.1 Å². The summed E-state index contributed by atoms with van der Waals surface area (Å²) in [7, 11) is 0. The van der Waals surface area contributed by atoms with Crippen molar-refractivity contribution in [3.63, 3.8) is 0 Å². The second-order valence-electron chi connectivity index (χ2n) is 7.77. The molecule has 170 valence electrons. The molecular formula is C27H29N3O3. The molecule has 0 fully saturated rings. The number of hydrogen-bond acceptors (Lipinski definition) is 4. The molecule has 0 aliphatic heterocycles. The number of nitrogens with one attached hydrogen (secondary N) is 2. The van der Waals surface area contributed by atoms with Crippen molar-refractivity contribution in [3.8, 4) is 11.5 Å². The van der Waals surface area contributed by atoms with Gasteiger partial charge in [0.25, 0.3) is 0 Å². The molecular weight excluding hydrogens is 414 g/mol. The normalized spacial score (nSPS) is 10.8. The minimum absolute atomic E-state index is 0.0726. The number of imidazole rings is 1. The third kappa shape index (κ3) is 5.92. The summed E-state index contributed by atoms with van der Waals surface area (Å²) in [6.45, 7) is 4.96. The smallest absolute Gasteiger partial charge is 0.228 e. The van der Waals surface area contributed by atoms with E-state index in [9.17, 15) is 4.79 Å². The van der Waals surface area contributed by atoms with Crippen LogP contribution >= 0.6 is 0 Å². The van der Waals surface area contributed by atoms with E-state index < -0.39 is 0 Å². The van der Waals surface area contributed by atoms with Gasteiger partial charge in [0, 0.05) is 12.1 Å². The second kappa shape index (κ2) is 10.7. The lowest BCUT2D eigenvalue weighted by Crippen LogP contribution is -2.14. The van der Waals surface area contributed by atoms with Gasteiger partial charge in [-0.2, -0.15) is 0 Å². The standard InChI is InChI=1S/C27H29N3O3/c1-3-32-24-15-11-20(17-25(24)33-4-2)18-27(31)28-21-13-9-19(10-14-21)12-16-26-29-22-7-5-6-8-23(22)30-26/h5-11,13-15,17H,3-4,12,16,18H2,1-2H3,(H,28,31)(H,29,30). The van der Waals surface area contributed by atoms with Crippen LogP contribution in [0.1, 0.15) is 30.8 Å². The Kier molecular flexibility index (Phi) is 7.25. The Bertz CT molecular complexity index is 1180. The van der Waals surface area contributed by atoms with Gasteiger partial charge in [0.15, 0.2) is 11.5 Å². The van der Waals surface area contributed by atoms with Crippen LogP contribution in [0.25, 0.3) is 11.0 Å². The van der Waals surface area contributed by atoms with E-state index in [0.29, 0.717) is 24.7 Å². The van der Waals surface area contributed by atoms with E-state index in [4.69, 9.17) is 9.47 Å². The van der Waals surface area contributed by atoms with Crippen LogP contribution in [0.5, 0.6) is 11.5 Å². The molecule has 0 aliphatic carbocycles. The lowest BCUT2D eigenvalue weighted by molar-refractivity contribution is -0.115. The largest absolute Gasteiger partial charge is 0.490 e. The Morgan fingerprint density at radius 2 is 1.61 bits per heavy atom. The number of ether oxygens (including phenoxy) is 2. The molecule has 0 radical (unpaired) electrons. The van der Waals surface area contributed by atoms with Crippen molar-refractivity contribution in [1.29, 1.82) is 0 Å². The average molecular weight is 444 g/mol. The number of anilines is 1. The highest BCUT2D eigenvalue weighted by molar-refractivity contribution is 5.92. The number of amides is 1.